The molecule has 9 nitrogen and oxygen atoms in total. The topological polar surface area (TPSA) is 141 Å². The molecule has 2 aromatic rings. The second-order valence-corrected chi connectivity index (χ2v) is 8.08. The van der Waals surface area contributed by atoms with E-state index in [9.17, 15) is 15.8 Å². The molecule has 172 valence electrons. The summed E-state index contributed by atoms with van der Waals surface area (Å²) in [5, 5.41) is 39.9. The minimum Gasteiger partial charge on any atom is -0.497 e. The van der Waals surface area contributed by atoms with Gasteiger partial charge in [0, 0.05) is 11.1 Å². The summed E-state index contributed by atoms with van der Waals surface area (Å²) in [7, 11) is 4.43. The van der Waals surface area contributed by atoms with Crippen LogP contribution in [0.2, 0.25) is 0 Å². The number of nitrogens with one attached hydrogen (secondary N) is 1. The molecule has 4 unspecified atom stereocenters. The molecule has 0 spiro atoms. The average Bonchev–Trinajstić information content (AvgIpc) is 3.04. The van der Waals surface area contributed by atoms with Crippen LogP contribution in [0.3, 0.4) is 0 Å². The number of nitrogens with zero attached hydrogens (tertiary/aromatic N) is 3. The van der Waals surface area contributed by atoms with Crippen molar-refractivity contribution < 1.29 is 23.7 Å². The van der Waals surface area contributed by atoms with Gasteiger partial charge < -0.3 is 23.7 Å². The van der Waals surface area contributed by atoms with Crippen molar-refractivity contribution in [3.63, 3.8) is 0 Å². The van der Waals surface area contributed by atoms with Gasteiger partial charge >= 0.3 is 0 Å². The second-order valence-electron chi connectivity index (χ2n) is 8.08. The lowest BCUT2D eigenvalue weighted by atomic mass is 9.53. The third-order valence-corrected chi connectivity index (χ3v) is 6.88. The highest BCUT2D eigenvalue weighted by Gasteiger charge is 2.80. The van der Waals surface area contributed by atoms with E-state index in [0.717, 1.165) is 0 Å². The zero-order chi connectivity index (χ0) is 24.7. The summed E-state index contributed by atoms with van der Waals surface area (Å²) >= 11 is 0. The van der Waals surface area contributed by atoms with E-state index < -0.39 is 34.5 Å². The minimum atomic E-state index is -2.12. The van der Waals surface area contributed by atoms with E-state index >= 15 is 0 Å². The Bertz CT molecular complexity index is 1260. The van der Waals surface area contributed by atoms with Crippen LogP contribution in [0.15, 0.2) is 42.5 Å². The number of ether oxygens (including phenoxy) is 5. The van der Waals surface area contributed by atoms with Gasteiger partial charge in [0.15, 0.2) is 16.9 Å². The van der Waals surface area contributed by atoms with Gasteiger partial charge in [-0.25, -0.2) is 0 Å². The van der Waals surface area contributed by atoms with E-state index in [4.69, 9.17) is 29.1 Å². The predicted octanol–water partition coefficient (Wildman–Crippen LogP) is 3.82. The number of hydrogen-bond donors (Lipinski definition) is 1. The van der Waals surface area contributed by atoms with Crippen molar-refractivity contribution in [3.05, 3.63) is 53.6 Å². The molecule has 0 amide bonds. The van der Waals surface area contributed by atoms with Gasteiger partial charge in [-0.05, 0) is 30.3 Å². The van der Waals surface area contributed by atoms with Crippen molar-refractivity contribution in [3.8, 4) is 35.5 Å². The molecule has 2 aliphatic rings. The normalized spacial score (nSPS) is 28.6. The van der Waals surface area contributed by atoms with Crippen molar-refractivity contribution in [2.45, 2.75) is 18.8 Å². The van der Waals surface area contributed by atoms with Crippen LogP contribution in [0.25, 0.3) is 0 Å². The number of benzene rings is 2. The Morgan fingerprint density at radius 3 is 2.12 bits per heavy atom. The highest BCUT2D eigenvalue weighted by molar-refractivity contribution is 5.89. The van der Waals surface area contributed by atoms with Gasteiger partial charge in [0.1, 0.15) is 11.9 Å². The van der Waals surface area contributed by atoms with Crippen LogP contribution in [-0.4, -0.2) is 27.2 Å². The maximum absolute atomic E-state index is 10.4. The van der Waals surface area contributed by atoms with Crippen molar-refractivity contribution >= 4 is 5.90 Å². The van der Waals surface area contributed by atoms with Crippen molar-refractivity contribution in [2.24, 2.45) is 16.7 Å². The highest BCUT2D eigenvalue weighted by Crippen LogP contribution is 2.69. The van der Waals surface area contributed by atoms with Crippen LogP contribution in [0.5, 0.6) is 17.2 Å². The van der Waals surface area contributed by atoms with Crippen molar-refractivity contribution in [1.29, 1.82) is 21.2 Å². The van der Waals surface area contributed by atoms with E-state index in [0.29, 0.717) is 22.6 Å². The summed E-state index contributed by atoms with van der Waals surface area (Å²) in [4.78, 5) is 0. The monoisotopic (exact) mass is 458 g/mol. The van der Waals surface area contributed by atoms with Crippen molar-refractivity contribution in [2.75, 3.05) is 21.3 Å². The van der Waals surface area contributed by atoms with Gasteiger partial charge in [0.25, 0.3) is 0 Å². The van der Waals surface area contributed by atoms with E-state index in [1.54, 1.807) is 49.4 Å². The number of fused-ring (bicyclic) bond motifs is 2. The molecule has 2 aromatic carbocycles. The van der Waals surface area contributed by atoms with E-state index in [1.807, 2.05) is 12.1 Å². The fourth-order valence-corrected chi connectivity index (χ4v) is 5.09. The van der Waals surface area contributed by atoms with E-state index in [1.165, 1.54) is 21.3 Å². The molecule has 4 atom stereocenters. The summed E-state index contributed by atoms with van der Waals surface area (Å²) in [6.07, 6.45) is -1.31. The quantitative estimate of drug-likeness (QED) is 0.713. The zero-order valence-corrected chi connectivity index (χ0v) is 19.1. The van der Waals surface area contributed by atoms with Crippen LogP contribution < -0.4 is 14.2 Å². The van der Waals surface area contributed by atoms with Crippen LogP contribution >= 0.6 is 0 Å². The maximum Gasteiger partial charge on any atom is 0.244 e. The largest absolute Gasteiger partial charge is 0.497 e. The van der Waals surface area contributed by atoms with Crippen LogP contribution in [-0.2, 0) is 15.3 Å². The molecule has 4 rings (SSSR count). The van der Waals surface area contributed by atoms with Crippen LogP contribution in [0.4, 0.5) is 0 Å². The number of methoxy groups -OCH3 is 3. The first-order valence-corrected chi connectivity index (χ1v) is 10.4. The Hall–Kier alpha value is -4.26. The van der Waals surface area contributed by atoms with Gasteiger partial charge in [0.05, 0.1) is 45.5 Å². The lowest BCUT2D eigenvalue weighted by Gasteiger charge is -2.49. The van der Waals surface area contributed by atoms with Crippen LogP contribution in [0.1, 0.15) is 24.2 Å². The molecule has 0 aliphatic carbocycles. The third kappa shape index (κ3) is 2.58. The SMILES string of the molecule is COc1ccc(C23OC(=N)C(C#N)(C2C)C(C#N)(C#N)C(c2cccc(OC)c2OC)O3)cc1. The molecule has 9 heteroatoms. The van der Waals surface area contributed by atoms with E-state index in [2.05, 4.69) is 6.07 Å². The molecule has 0 radical (unpaired) electrons. The lowest BCUT2D eigenvalue weighted by Crippen LogP contribution is -2.57. The second kappa shape index (κ2) is 7.95. The van der Waals surface area contributed by atoms with Gasteiger partial charge in [-0.2, -0.15) is 15.8 Å². The smallest absolute Gasteiger partial charge is 0.244 e. The first-order valence-electron chi connectivity index (χ1n) is 10.4. The Balaban J connectivity index is 2.05. The first kappa shape index (κ1) is 22.9. The Labute approximate surface area is 197 Å². The molecule has 2 aliphatic heterocycles. The molecule has 34 heavy (non-hydrogen) atoms. The summed E-state index contributed by atoms with van der Waals surface area (Å²) in [5.74, 6) is -1.78. The molecule has 0 saturated carbocycles. The molecule has 2 bridgehead atoms. The van der Waals surface area contributed by atoms with E-state index in [-0.39, 0.29) is 5.75 Å². The van der Waals surface area contributed by atoms with Crippen LogP contribution in [0, 0.1) is 56.2 Å². The van der Waals surface area contributed by atoms with Gasteiger partial charge in [-0.3, -0.25) is 5.41 Å². The maximum atomic E-state index is 10.4. The molecule has 0 aromatic heterocycles. The zero-order valence-electron chi connectivity index (χ0n) is 19.1. The van der Waals surface area contributed by atoms with Gasteiger partial charge in [-0.1, -0.05) is 19.1 Å². The summed E-state index contributed by atoms with van der Waals surface area (Å²) in [6, 6.07) is 18.0. The number of nitriles is 3. The molecule has 2 heterocycles. The molecular formula is C25H22N4O5. The Kier molecular flexibility index (Phi) is 5.36. The van der Waals surface area contributed by atoms with Gasteiger partial charge in [-0.15, -0.1) is 0 Å². The Morgan fingerprint density at radius 2 is 1.59 bits per heavy atom. The Morgan fingerprint density at radius 1 is 0.912 bits per heavy atom. The molecular weight excluding hydrogens is 436 g/mol. The number of hydrogen-bond acceptors (Lipinski definition) is 9. The minimum absolute atomic E-state index is 0.253. The molecule has 1 N–H and O–H groups in total. The number of rotatable bonds is 5. The van der Waals surface area contributed by atoms with Crippen molar-refractivity contribution in [1.82, 2.24) is 0 Å². The highest BCUT2D eigenvalue weighted by atomic mass is 16.7. The number of para-hydroxylation sites is 1. The fraction of sp³-hybridized carbons (Fsp3) is 0.360. The third-order valence-electron chi connectivity index (χ3n) is 6.88. The molecule has 2 saturated heterocycles. The first-order chi connectivity index (χ1) is 16.3. The summed E-state index contributed by atoms with van der Waals surface area (Å²) in [6.45, 7) is 1.65. The standard InChI is InChI=1S/C25H22N4O5/c1-15-24(14-28)22(29)34-25(15,16-8-10-17(30-2)11-9-16)33-21(23(24,12-26)13-27)18-6-5-7-19(31-3)20(18)32-4/h5-11,15,21,29H,1-4H3. The average molecular weight is 458 g/mol. The summed E-state index contributed by atoms with van der Waals surface area (Å²) < 4.78 is 28.7. The fourth-order valence-electron chi connectivity index (χ4n) is 5.09. The summed E-state index contributed by atoms with van der Waals surface area (Å²) in [5.41, 5.74) is -3.20. The molecule has 2 fully saturated rings. The predicted molar refractivity (Wildman–Crippen MR) is 118 cm³/mol. The lowest BCUT2D eigenvalue weighted by molar-refractivity contribution is -0.288. The van der Waals surface area contributed by atoms with Gasteiger partial charge in [0.2, 0.25) is 17.1 Å².